The number of methoxy groups -OCH3 is 1. The zero-order chi connectivity index (χ0) is 21.0. The monoisotopic (exact) mass is 493 g/mol. The van der Waals surface area contributed by atoms with Crippen molar-refractivity contribution in [1.82, 2.24) is 0 Å². The molecule has 3 rings (SSSR count). The lowest BCUT2D eigenvalue weighted by molar-refractivity contribution is 0.0955. The van der Waals surface area contributed by atoms with E-state index in [1.807, 2.05) is 24.3 Å². The maximum absolute atomic E-state index is 12.7. The van der Waals surface area contributed by atoms with E-state index in [0.29, 0.717) is 21.2 Å². The molecule has 0 aromatic heterocycles. The predicted molar refractivity (Wildman–Crippen MR) is 121 cm³/mol. The van der Waals surface area contributed by atoms with Gasteiger partial charge in [0.25, 0.3) is 0 Å². The van der Waals surface area contributed by atoms with Gasteiger partial charge in [0.2, 0.25) is 0 Å². The number of ketones is 1. The van der Waals surface area contributed by atoms with Crippen molar-refractivity contribution in [3.63, 3.8) is 0 Å². The maximum atomic E-state index is 12.7. The molecule has 7 heteroatoms. The normalized spacial score (nSPS) is 12.3. The molecule has 3 aromatic rings. The lowest BCUT2D eigenvalue weighted by atomic mass is 9.97. The lowest BCUT2D eigenvalue weighted by Crippen LogP contribution is -2.12. The number of fused-ring (bicyclic) bond motifs is 1. The van der Waals surface area contributed by atoms with Crippen molar-refractivity contribution in [2.75, 3.05) is 7.11 Å². The summed E-state index contributed by atoms with van der Waals surface area (Å²) >= 11 is 15.7. The molecule has 0 heterocycles. The Morgan fingerprint density at radius 2 is 1.90 bits per heavy atom. The van der Waals surface area contributed by atoms with Crippen LogP contribution in [0, 0.1) is 5.92 Å². The molecule has 29 heavy (non-hydrogen) atoms. The van der Waals surface area contributed by atoms with Crippen LogP contribution in [0.1, 0.15) is 22.8 Å². The van der Waals surface area contributed by atoms with Crippen LogP contribution in [0.2, 0.25) is 10.0 Å². The minimum absolute atomic E-state index is 0.0537. The van der Waals surface area contributed by atoms with Crippen LogP contribution >= 0.6 is 39.1 Å². The fourth-order valence-corrected chi connectivity index (χ4v) is 3.98. The second kappa shape index (κ2) is 9.61. The van der Waals surface area contributed by atoms with Gasteiger partial charge in [-0.25, -0.2) is 0 Å². The van der Waals surface area contributed by atoms with Gasteiger partial charge in [0.05, 0.1) is 23.7 Å². The molecule has 0 N–H and O–H groups in total. The summed E-state index contributed by atoms with van der Waals surface area (Å²) in [5, 5.41) is 6.84. The molecule has 0 radical (unpaired) electrons. The summed E-state index contributed by atoms with van der Waals surface area (Å²) in [7, 11) is 1.62. The molecule has 0 saturated heterocycles. The van der Waals surface area contributed by atoms with Crippen molar-refractivity contribution in [2.24, 2.45) is 11.1 Å². The maximum Gasteiger partial charge on any atom is 0.171 e. The quantitative estimate of drug-likeness (QED) is 0.203. The number of ether oxygens (including phenoxy) is 1. The lowest BCUT2D eigenvalue weighted by Gasteiger charge is -2.10. The highest BCUT2D eigenvalue weighted by Gasteiger charge is 2.15. The highest BCUT2D eigenvalue weighted by molar-refractivity contribution is 9.10. The Morgan fingerprint density at radius 1 is 1.17 bits per heavy atom. The summed E-state index contributed by atoms with van der Waals surface area (Å²) in [4.78, 5) is 18.0. The van der Waals surface area contributed by atoms with Gasteiger partial charge in [-0.15, -0.1) is 0 Å². The van der Waals surface area contributed by atoms with Crippen LogP contribution in [0.5, 0.6) is 5.75 Å². The first-order valence-electron chi connectivity index (χ1n) is 8.81. The molecule has 3 aromatic carbocycles. The topological polar surface area (TPSA) is 47.9 Å². The molecule has 0 saturated carbocycles. The number of carbonyl (C=O) groups is 1. The fourth-order valence-electron chi connectivity index (χ4n) is 2.82. The average Bonchev–Trinajstić information content (AvgIpc) is 2.72. The largest absolute Gasteiger partial charge is 0.496 e. The molecular weight excluding hydrogens is 477 g/mol. The zero-order valence-corrected chi connectivity index (χ0v) is 18.9. The molecule has 0 amide bonds. The third-order valence-electron chi connectivity index (χ3n) is 4.47. The Labute approximate surface area is 187 Å². The molecule has 0 aliphatic heterocycles. The van der Waals surface area contributed by atoms with Crippen molar-refractivity contribution in [3.05, 3.63) is 74.2 Å². The van der Waals surface area contributed by atoms with Crippen LogP contribution in [0.25, 0.3) is 10.8 Å². The van der Waals surface area contributed by atoms with E-state index in [4.69, 9.17) is 32.8 Å². The molecule has 1 atom stereocenters. The van der Waals surface area contributed by atoms with Gasteiger partial charge in [0.1, 0.15) is 12.4 Å². The van der Waals surface area contributed by atoms with Crippen LogP contribution in [0.3, 0.4) is 0 Å². The van der Waals surface area contributed by atoms with E-state index in [1.165, 1.54) is 6.21 Å². The minimum atomic E-state index is -0.448. The van der Waals surface area contributed by atoms with Crippen molar-refractivity contribution < 1.29 is 14.4 Å². The predicted octanol–water partition coefficient (Wildman–Crippen LogP) is 6.94. The van der Waals surface area contributed by atoms with Crippen molar-refractivity contribution in [3.8, 4) is 5.75 Å². The van der Waals surface area contributed by atoms with Gasteiger partial charge in [-0.1, -0.05) is 52.6 Å². The van der Waals surface area contributed by atoms with Crippen LogP contribution < -0.4 is 4.74 Å². The number of nitrogens with zero attached hydrogens (tertiary/aromatic N) is 1. The van der Waals surface area contributed by atoms with E-state index < -0.39 is 5.92 Å². The first-order valence-corrected chi connectivity index (χ1v) is 10.4. The Balaban J connectivity index is 1.69. The number of oxime groups is 1. The number of carbonyl (C=O) groups excluding carboxylic acids is 1. The molecule has 0 spiro atoms. The first-order chi connectivity index (χ1) is 13.9. The number of hydrogen-bond donors (Lipinski definition) is 0. The Hall–Kier alpha value is -2.08. The minimum Gasteiger partial charge on any atom is -0.496 e. The average molecular weight is 495 g/mol. The van der Waals surface area contributed by atoms with E-state index in [2.05, 4.69) is 21.1 Å². The number of hydrogen-bond acceptors (Lipinski definition) is 4. The van der Waals surface area contributed by atoms with Crippen LogP contribution in [0.4, 0.5) is 0 Å². The molecular formula is C22H18BrCl2NO3. The van der Waals surface area contributed by atoms with Crippen LogP contribution in [-0.4, -0.2) is 19.1 Å². The van der Waals surface area contributed by atoms with Crippen molar-refractivity contribution in [1.29, 1.82) is 0 Å². The van der Waals surface area contributed by atoms with E-state index in [1.54, 1.807) is 38.3 Å². The van der Waals surface area contributed by atoms with Gasteiger partial charge < -0.3 is 9.57 Å². The number of halogens is 3. The smallest absolute Gasteiger partial charge is 0.171 e. The number of rotatable bonds is 7. The van der Waals surface area contributed by atoms with Gasteiger partial charge in [-0.3, -0.25) is 4.79 Å². The summed E-state index contributed by atoms with van der Waals surface area (Å²) in [6.07, 6.45) is 1.47. The van der Waals surface area contributed by atoms with Gasteiger partial charge in [-0.2, -0.15) is 0 Å². The summed E-state index contributed by atoms with van der Waals surface area (Å²) in [5.41, 5.74) is 1.25. The standard InChI is InChI=1S/C22H18BrCl2NO3/c1-13(11-26-29-12-17-18(24)4-3-5-19(17)25)22(27)15-6-8-16-14(10-15)7-9-20(28-2)21(16)23/h3-11,13H,12H2,1-2H3/b26-11+. The third-order valence-corrected chi connectivity index (χ3v) is 5.99. The Bertz CT molecular complexity index is 1060. The van der Waals surface area contributed by atoms with E-state index in [-0.39, 0.29) is 12.4 Å². The van der Waals surface area contributed by atoms with Crippen LogP contribution in [-0.2, 0) is 11.4 Å². The molecule has 1 unspecified atom stereocenters. The highest BCUT2D eigenvalue weighted by Crippen LogP contribution is 2.33. The van der Waals surface area contributed by atoms with Gasteiger partial charge in [0.15, 0.2) is 5.78 Å². The van der Waals surface area contributed by atoms with Crippen molar-refractivity contribution >= 4 is 61.9 Å². The van der Waals surface area contributed by atoms with Gasteiger partial charge >= 0.3 is 0 Å². The number of Topliss-reactive ketones (excluding diaryl/α,β-unsaturated/α-hetero) is 1. The second-order valence-corrected chi connectivity index (χ2v) is 8.01. The van der Waals surface area contributed by atoms with Crippen molar-refractivity contribution in [2.45, 2.75) is 13.5 Å². The second-order valence-electron chi connectivity index (χ2n) is 6.40. The third kappa shape index (κ3) is 4.92. The molecule has 0 bridgehead atoms. The van der Waals surface area contributed by atoms with E-state index in [9.17, 15) is 4.79 Å². The summed E-state index contributed by atoms with van der Waals surface area (Å²) in [5.74, 6) is 0.241. The molecule has 0 aliphatic rings. The summed E-state index contributed by atoms with van der Waals surface area (Å²) in [6.45, 7) is 1.90. The fraction of sp³-hybridized carbons (Fsp3) is 0.182. The summed E-state index contributed by atoms with van der Waals surface area (Å²) in [6, 6.07) is 14.6. The Morgan fingerprint density at radius 3 is 2.59 bits per heavy atom. The van der Waals surface area contributed by atoms with Crippen LogP contribution in [0.15, 0.2) is 58.2 Å². The van der Waals surface area contributed by atoms with E-state index in [0.717, 1.165) is 21.0 Å². The van der Waals surface area contributed by atoms with Gasteiger partial charge in [-0.05, 0) is 57.9 Å². The number of benzene rings is 3. The van der Waals surface area contributed by atoms with Gasteiger partial charge in [0, 0.05) is 21.2 Å². The molecule has 150 valence electrons. The summed E-state index contributed by atoms with van der Waals surface area (Å²) < 4.78 is 6.17. The Kier molecular flexibility index (Phi) is 7.17. The van der Waals surface area contributed by atoms with E-state index >= 15 is 0 Å². The first kappa shape index (κ1) is 21.6. The molecule has 0 fully saturated rings. The molecule has 0 aliphatic carbocycles. The highest BCUT2D eigenvalue weighted by atomic mass is 79.9. The molecule has 4 nitrogen and oxygen atoms in total. The zero-order valence-electron chi connectivity index (χ0n) is 15.8. The SMILES string of the molecule is COc1ccc2cc(C(=O)C(C)/C=N/OCc3c(Cl)cccc3Cl)ccc2c1Br.